The fraction of sp³-hybridized carbons (Fsp3) is 0.364. The minimum atomic E-state index is -0.0180. The number of amides is 1. The molecule has 35 heavy (non-hydrogen) atoms. The van der Waals surface area contributed by atoms with Crippen LogP contribution in [0.2, 0.25) is 0 Å². The summed E-state index contributed by atoms with van der Waals surface area (Å²) in [5.41, 5.74) is 10.6. The van der Waals surface area contributed by atoms with Crippen LogP contribution in [0.4, 0.5) is 0 Å². The van der Waals surface area contributed by atoms with Crippen LogP contribution in [0.1, 0.15) is 61.8 Å². The second kappa shape index (κ2) is 13.1. The maximum Gasteiger partial charge on any atom is 0.245 e. The van der Waals surface area contributed by atoms with Crippen molar-refractivity contribution in [1.82, 2.24) is 4.90 Å². The molecule has 0 heterocycles. The summed E-state index contributed by atoms with van der Waals surface area (Å²) in [6.07, 6.45) is 9.31. The second-order valence-corrected chi connectivity index (χ2v) is 9.59. The average molecular weight is 468 g/mol. The number of hydrogen-bond donors (Lipinski definition) is 0. The van der Waals surface area contributed by atoms with E-state index in [0.29, 0.717) is 0 Å². The van der Waals surface area contributed by atoms with Crippen molar-refractivity contribution in [1.29, 1.82) is 0 Å². The van der Waals surface area contributed by atoms with Crippen LogP contribution >= 0.6 is 0 Å². The van der Waals surface area contributed by atoms with E-state index in [4.69, 9.17) is 0 Å². The zero-order valence-electron chi connectivity index (χ0n) is 22.1. The Morgan fingerprint density at radius 1 is 0.829 bits per heavy atom. The van der Waals surface area contributed by atoms with Gasteiger partial charge in [0.25, 0.3) is 0 Å². The first-order valence-corrected chi connectivity index (χ1v) is 13.2. The van der Waals surface area contributed by atoms with Gasteiger partial charge in [-0.15, -0.1) is 0 Å². The summed E-state index contributed by atoms with van der Waals surface area (Å²) in [5.74, 6) is -0.0180. The van der Waals surface area contributed by atoms with Crippen LogP contribution in [0.25, 0.3) is 22.3 Å². The summed E-state index contributed by atoms with van der Waals surface area (Å²) >= 11 is 0. The Morgan fingerprint density at radius 2 is 1.54 bits per heavy atom. The monoisotopic (exact) mass is 467 g/mol. The van der Waals surface area contributed by atoms with Gasteiger partial charge in [-0.2, -0.15) is 0 Å². The molecule has 0 saturated heterocycles. The first kappa shape index (κ1) is 26.5. The summed E-state index contributed by atoms with van der Waals surface area (Å²) in [6, 6.07) is 22.8. The standard InChI is InChI=1S/C33H41NO/c1-6-9-10-12-26-14-16-29(17-15-26)30-20-21-32(27(7-2)24-30)31-19-18-28(25(4)23-31)13-11-22-34(5)33(35)8-3/h8,14-21,23-24H,3,6-7,9-13,22H2,1-2,4-5H3. The Labute approximate surface area is 212 Å². The Bertz CT molecular complexity index is 1130. The zero-order valence-corrected chi connectivity index (χ0v) is 22.1. The minimum absolute atomic E-state index is 0.0180. The fourth-order valence-electron chi connectivity index (χ4n) is 4.71. The Balaban J connectivity index is 1.72. The van der Waals surface area contributed by atoms with E-state index in [1.54, 1.807) is 4.90 Å². The van der Waals surface area contributed by atoms with E-state index < -0.39 is 0 Å². The molecule has 0 aliphatic carbocycles. The summed E-state index contributed by atoms with van der Waals surface area (Å²) < 4.78 is 0. The summed E-state index contributed by atoms with van der Waals surface area (Å²) in [7, 11) is 1.83. The number of carbonyl (C=O) groups excluding carboxylic acids is 1. The lowest BCUT2D eigenvalue weighted by Crippen LogP contribution is -2.25. The molecule has 0 unspecified atom stereocenters. The molecule has 1 amide bonds. The molecule has 0 spiro atoms. The van der Waals surface area contributed by atoms with E-state index in [2.05, 4.69) is 88.0 Å². The summed E-state index contributed by atoms with van der Waals surface area (Å²) in [4.78, 5) is 13.4. The molecule has 3 aromatic rings. The number of benzene rings is 3. The highest BCUT2D eigenvalue weighted by Gasteiger charge is 2.10. The van der Waals surface area contributed by atoms with Crippen LogP contribution in [0, 0.1) is 6.92 Å². The van der Waals surface area contributed by atoms with Gasteiger partial charge in [0.1, 0.15) is 0 Å². The Hall–Kier alpha value is -3.13. The molecule has 0 N–H and O–H groups in total. The fourth-order valence-corrected chi connectivity index (χ4v) is 4.71. The van der Waals surface area contributed by atoms with Crippen LogP contribution in [-0.4, -0.2) is 24.4 Å². The molecule has 3 rings (SSSR count). The van der Waals surface area contributed by atoms with E-state index in [1.807, 2.05) is 7.05 Å². The molecule has 2 nitrogen and oxygen atoms in total. The van der Waals surface area contributed by atoms with E-state index in [0.717, 1.165) is 25.8 Å². The van der Waals surface area contributed by atoms with Crippen molar-refractivity contribution in [3.8, 4) is 22.3 Å². The molecular formula is C33H41NO. The van der Waals surface area contributed by atoms with Crippen LogP contribution < -0.4 is 0 Å². The van der Waals surface area contributed by atoms with Crippen molar-refractivity contribution < 1.29 is 4.79 Å². The van der Waals surface area contributed by atoms with Gasteiger partial charge >= 0.3 is 0 Å². The van der Waals surface area contributed by atoms with E-state index in [-0.39, 0.29) is 5.91 Å². The molecule has 0 radical (unpaired) electrons. The number of aryl methyl sites for hydroxylation is 4. The number of nitrogens with zero attached hydrogens (tertiary/aromatic N) is 1. The van der Waals surface area contributed by atoms with Gasteiger partial charge < -0.3 is 4.90 Å². The largest absolute Gasteiger partial charge is 0.342 e. The normalized spacial score (nSPS) is 10.9. The smallest absolute Gasteiger partial charge is 0.245 e. The van der Waals surface area contributed by atoms with Crippen LogP contribution in [-0.2, 0) is 24.1 Å². The number of likely N-dealkylation sites (N-methyl/N-ethyl adjacent to an activating group) is 1. The molecule has 0 aromatic heterocycles. The van der Waals surface area contributed by atoms with Gasteiger partial charge in [-0.1, -0.05) is 93.9 Å². The lowest BCUT2D eigenvalue weighted by Gasteiger charge is -2.16. The third-order valence-corrected chi connectivity index (χ3v) is 6.99. The van der Waals surface area contributed by atoms with E-state index in [1.165, 1.54) is 76.3 Å². The second-order valence-electron chi connectivity index (χ2n) is 9.59. The van der Waals surface area contributed by atoms with Gasteiger partial charge in [0, 0.05) is 13.6 Å². The highest BCUT2D eigenvalue weighted by molar-refractivity contribution is 5.86. The first-order valence-electron chi connectivity index (χ1n) is 13.2. The number of hydrogen-bond acceptors (Lipinski definition) is 1. The molecule has 0 fully saturated rings. The third kappa shape index (κ3) is 7.18. The van der Waals surface area contributed by atoms with Gasteiger partial charge in [0.05, 0.1) is 0 Å². The van der Waals surface area contributed by atoms with Crippen molar-refractivity contribution in [2.75, 3.05) is 13.6 Å². The van der Waals surface area contributed by atoms with Crippen molar-refractivity contribution >= 4 is 5.91 Å². The number of carbonyl (C=O) groups is 1. The molecular weight excluding hydrogens is 426 g/mol. The molecule has 184 valence electrons. The number of rotatable bonds is 12. The third-order valence-electron chi connectivity index (χ3n) is 6.99. The first-order chi connectivity index (χ1) is 17.0. The maximum atomic E-state index is 11.7. The highest BCUT2D eigenvalue weighted by Crippen LogP contribution is 2.31. The van der Waals surface area contributed by atoms with Gasteiger partial charge in [-0.05, 0) is 89.6 Å². The maximum absolute atomic E-state index is 11.7. The predicted octanol–water partition coefficient (Wildman–Crippen LogP) is 8.20. The molecule has 3 aromatic carbocycles. The highest BCUT2D eigenvalue weighted by atomic mass is 16.2. The van der Waals surface area contributed by atoms with E-state index >= 15 is 0 Å². The van der Waals surface area contributed by atoms with Crippen molar-refractivity contribution in [3.05, 3.63) is 95.6 Å². The SMILES string of the molecule is C=CC(=O)N(C)CCCc1ccc(-c2ccc(-c3ccc(CCCCC)cc3)cc2CC)cc1C. The molecule has 0 aliphatic rings. The molecule has 2 heteroatoms. The molecule has 0 bridgehead atoms. The van der Waals surface area contributed by atoms with Gasteiger partial charge in [-0.3, -0.25) is 4.79 Å². The molecule has 0 atom stereocenters. The Kier molecular flexibility index (Phi) is 9.90. The van der Waals surface area contributed by atoms with Crippen molar-refractivity contribution in [2.45, 2.75) is 65.7 Å². The van der Waals surface area contributed by atoms with Crippen LogP contribution in [0.15, 0.2) is 73.3 Å². The number of unbranched alkanes of at least 4 members (excludes halogenated alkanes) is 2. The molecule has 0 aliphatic heterocycles. The molecule has 0 saturated carbocycles. The quantitative estimate of drug-likeness (QED) is 0.194. The van der Waals surface area contributed by atoms with Gasteiger partial charge in [-0.25, -0.2) is 0 Å². The lowest BCUT2D eigenvalue weighted by molar-refractivity contribution is -0.124. The van der Waals surface area contributed by atoms with Crippen molar-refractivity contribution in [3.63, 3.8) is 0 Å². The van der Waals surface area contributed by atoms with Gasteiger partial charge in [0.2, 0.25) is 5.91 Å². The Morgan fingerprint density at radius 3 is 2.20 bits per heavy atom. The predicted molar refractivity (Wildman–Crippen MR) is 151 cm³/mol. The summed E-state index contributed by atoms with van der Waals surface area (Å²) in [5, 5.41) is 0. The van der Waals surface area contributed by atoms with Crippen LogP contribution in [0.5, 0.6) is 0 Å². The summed E-state index contributed by atoms with van der Waals surface area (Å²) in [6.45, 7) is 11.0. The lowest BCUT2D eigenvalue weighted by atomic mass is 9.91. The van der Waals surface area contributed by atoms with Crippen molar-refractivity contribution in [2.24, 2.45) is 0 Å². The van der Waals surface area contributed by atoms with Gasteiger partial charge in [0.15, 0.2) is 0 Å². The van der Waals surface area contributed by atoms with Crippen LogP contribution in [0.3, 0.4) is 0 Å². The minimum Gasteiger partial charge on any atom is -0.342 e. The average Bonchev–Trinajstić information content (AvgIpc) is 2.89. The topological polar surface area (TPSA) is 20.3 Å². The van der Waals surface area contributed by atoms with E-state index in [9.17, 15) is 4.79 Å². The zero-order chi connectivity index (χ0) is 25.2.